The van der Waals surface area contributed by atoms with Gasteiger partial charge in [-0.1, -0.05) is 35.5 Å². The molecule has 136 valence electrons. The van der Waals surface area contributed by atoms with Crippen molar-refractivity contribution in [2.75, 3.05) is 16.9 Å². The third kappa shape index (κ3) is 4.36. The van der Waals surface area contributed by atoms with Gasteiger partial charge in [0.1, 0.15) is 11.9 Å². The Bertz CT molecular complexity index is 1050. The van der Waals surface area contributed by atoms with E-state index >= 15 is 0 Å². The van der Waals surface area contributed by atoms with Crippen LogP contribution in [0.15, 0.2) is 47.6 Å². The molecule has 1 heterocycles. The first-order valence-corrected chi connectivity index (χ1v) is 8.93. The highest BCUT2D eigenvalue weighted by Gasteiger charge is 2.15. The third-order valence-electron chi connectivity index (χ3n) is 3.46. The lowest BCUT2D eigenvalue weighted by atomic mass is 10.2. The molecule has 3 N–H and O–H groups in total. The highest BCUT2D eigenvalue weighted by Crippen LogP contribution is 2.23. The predicted molar refractivity (Wildman–Crippen MR) is 101 cm³/mol. The Morgan fingerprint density at radius 3 is 2.89 bits per heavy atom. The molecule has 1 amide bonds. The number of carbonyl (C=O) groups is 1. The standard InChI is InChI=1S/C17H12ClFN6OS/c18-12-5-4-11(8-20)14(7-12)22-15(26)9-27-17-24-23-16(25(17)21)10-2-1-3-13(19)6-10/h1-7H,9,21H2,(H,22,26). The van der Waals surface area contributed by atoms with Crippen molar-refractivity contribution < 1.29 is 9.18 Å². The molecule has 3 rings (SSSR count). The van der Waals surface area contributed by atoms with E-state index < -0.39 is 5.82 Å². The Balaban J connectivity index is 1.68. The molecule has 2 aromatic carbocycles. The van der Waals surface area contributed by atoms with Crippen LogP contribution in [0.2, 0.25) is 5.02 Å². The smallest absolute Gasteiger partial charge is 0.234 e. The van der Waals surface area contributed by atoms with Gasteiger partial charge in [0.2, 0.25) is 11.1 Å². The van der Waals surface area contributed by atoms with Crippen molar-refractivity contribution in [3.8, 4) is 17.5 Å². The van der Waals surface area contributed by atoms with Gasteiger partial charge >= 0.3 is 0 Å². The molecule has 0 bridgehead atoms. The second kappa shape index (κ2) is 8.07. The highest BCUT2D eigenvalue weighted by molar-refractivity contribution is 7.99. The summed E-state index contributed by atoms with van der Waals surface area (Å²) in [5, 5.41) is 20.3. The molecule has 27 heavy (non-hydrogen) atoms. The molecule has 0 radical (unpaired) electrons. The summed E-state index contributed by atoms with van der Waals surface area (Å²) in [4.78, 5) is 12.2. The molecule has 0 saturated carbocycles. The van der Waals surface area contributed by atoms with Crippen LogP contribution in [0.3, 0.4) is 0 Å². The number of nitrogens with one attached hydrogen (secondary N) is 1. The first kappa shape index (κ1) is 18.7. The first-order chi connectivity index (χ1) is 13.0. The summed E-state index contributed by atoms with van der Waals surface area (Å²) in [6.45, 7) is 0. The van der Waals surface area contributed by atoms with E-state index in [0.717, 1.165) is 11.8 Å². The molecular formula is C17H12ClFN6OS. The minimum absolute atomic E-state index is 0.0180. The summed E-state index contributed by atoms with van der Waals surface area (Å²) in [7, 11) is 0. The van der Waals surface area contributed by atoms with Gasteiger partial charge in [-0.2, -0.15) is 5.26 Å². The van der Waals surface area contributed by atoms with Crippen molar-refractivity contribution in [1.29, 1.82) is 5.26 Å². The largest absolute Gasteiger partial charge is 0.335 e. The number of carbonyl (C=O) groups excluding carboxylic acids is 1. The summed E-state index contributed by atoms with van der Waals surface area (Å²) < 4.78 is 14.5. The minimum atomic E-state index is -0.418. The van der Waals surface area contributed by atoms with Gasteiger partial charge in [0.15, 0.2) is 5.82 Å². The lowest BCUT2D eigenvalue weighted by Crippen LogP contribution is -2.17. The molecule has 0 atom stereocenters. The molecule has 0 aliphatic carbocycles. The maximum atomic E-state index is 13.4. The van der Waals surface area contributed by atoms with Crippen LogP contribution in [0.25, 0.3) is 11.4 Å². The maximum absolute atomic E-state index is 13.4. The van der Waals surface area contributed by atoms with Gasteiger partial charge in [0.25, 0.3) is 0 Å². The summed E-state index contributed by atoms with van der Waals surface area (Å²) in [5.74, 6) is 5.42. The van der Waals surface area contributed by atoms with E-state index in [9.17, 15) is 9.18 Å². The molecule has 10 heteroatoms. The summed E-state index contributed by atoms with van der Waals surface area (Å²) in [6.07, 6.45) is 0. The number of nitrogen functional groups attached to an aromatic ring is 1. The predicted octanol–water partition coefficient (Wildman–Crippen LogP) is 3.05. The lowest BCUT2D eigenvalue weighted by Gasteiger charge is -2.07. The van der Waals surface area contributed by atoms with Gasteiger partial charge in [-0.05, 0) is 30.3 Å². The lowest BCUT2D eigenvalue weighted by molar-refractivity contribution is -0.113. The number of thioether (sulfide) groups is 1. The monoisotopic (exact) mass is 402 g/mol. The third-order valence-corrected chi connectivity index (χ3v) is 4.63. The average molecular weight is 403 g/mol. The summed E-state index contributed by atoms with van der Waals surface area (Å²) in [5.41, 5.74) is 1.09. The van der Waals surface area contributed by atoms with Crippen molar-refractivity contribution in [2.24, 2.45) is 0 Å². The highest BCUT2D eigenvalue weighted by atomic mass is 35.5. The number of nitrogens with zero attached hydrogens (tertiary/aromatic N) is 4. The normalized spacial score (nSPS) is 10.4. The van der Waals surface area contributed by atoms with Gasteiger partial charge in [-0.3, -0.25) is 4.79 Å². The molecule has 0 unspecified atom stereocenters. The zero-order valence-electron chi connectivity index (χ0n) is 13.7. The Kier molecular flexibility index (Phi) is 5.59. The van der Waals surface area contributed by atoms with Crippen LogP contribution in [0, 0.1) is 17.1 Å². The van der Waals surface area contributed by atoms with Crippen molar-refractivity contribution >= 4 is 35.0 Å². The number of benzene rings is 2. The fourth-order valence-electron chi connectivity index (χ4n) is 2.23. The Morgan fingerprint density at radius 1 is 1.33 bits per heavy atom. The zero-order valence-corrected chi connectivity index (χ0v) is 15.3. The van der Waals surface area contributed by atoms with E-state index in [0.29, 0.717) is 21.8 Å². The van der Waals surface area contributed by atoms with Crippen LogP contribution < -0.4 is 11.2 Å². The van der Waals surface area contributed by atoms with Gasteiger partial charge in [-0.25, -0.2) is 9.07 Å². The van der Waals surface area contributed by atoms with Gasteiger partial charge in [0.05, 0.1) is 17.0 Å². The van der Waals surface area contributed by atoms with E-state index in [1.54, 1.807) is 12.1 Å². The molecule has 3 aromatic rings. The van der Waals surface area contributed by atoms with Crippen LogP contribution in [0.5, 0.6) is 0 Å². The fourth-order valence-corrected chi connectivity index (χ4v) is 3.06. The number of amides is 1. The summed E-state index contributed by atoms with van der Waals surface area (Å²) in [6, 6.07) is 12.4. The average Bonchev–Trinajstić information content (AvgIpc) is 3.01. The molecule has 1 aromatic heterocycles. The number of nitriles is 1. The zero-order chi connectivity index (χ0) is 19.4. The molecule has 0 aliphatic rings. The maximum Gasteiger partial charge on any atom is 0.234 e. The van der Waals surface area contributed by atoms with E-state index in [4.69, 9.17) is 22.7 Å². The number of hydrogen-bond donors (Lipinski definition) is 2. The van der Waals surface area contributed by atoms with Crippen LogP contribution in [-0.2, 0) is 4.79 Å². The number of halogens is 2. The van der Waals surface area contributed by atoms with Gasteiger partial charge in [0, 0.05) is 10.6 Å². The number of hydrogen-bond acceptors (Lipinski definition) is 6. The molecule has 0 aliphatic heterocycles. The van der Waals surface area contributed by atoms with Crippen molar-refractivity contribution in [1.82, 2.24) is 14.9 Å². The van der Waals surface area contributed by atoms with E-state index in [1.165, 1.54) is 35.0 Å². The van der Waals surface area contributed by atoms with Gasteiger partial charge in [-0.15, -0.1) is 10.2 Å². The van der Waals surface area contributed by atoms with E-state index in [2.05, 4.69) is 15.5 Å². The molecular weight excluding hydrogens is 391 g/mol. The first-order valence-electron chi connectivity index (χ1n) is 7.56. The molecule has 7 nitrogen and oxygen atoms in total. The number of nitrogens with two attached hydrogens (primary N) is 1. The Labute approximate surface area is 162 Å². The van der Waals surface area contributed by atoms with Gasteiger partial charge < -0.3 is 11.2 Å². The van der Waals surface area contributed by atoms with Crippen LogP contribution in [-0.4, -0.2) is 26.5 Å². The fraction of sp³-hybridized carbons (Fsp3) is 0.0588. The molecule has 0 spiro atoms. The van der Waals surface area contributed by atoms with Crippen molar-refractivity contribution in [3.05, 3.63) is 58.9 Å². The quantitative estimate of drug-likeness (QED) is 0.501. The minimum Gasteiger partial charge on any atom is -0.335 e. The van der Waals surface area contributed by atoms with Crippen molar-refractivity contribution in [2.45, 2.75) is 5.16 Å². The van der Waals surface area contributed by atoms with Crippen LogP contribution >= 0.6 is 23.4 Å². The number of aromatic nitrogens is 3. The number of rotatable bonds is 5. The Morgan fingerprint density at radius 2 is 2.15 bits per heavy atom. The molecule has 0 fully saturated rings. The second-order valence-electron chi connectivity index (χ2n) is 5.33. The van der Waals surface area contributed by atoms with Crippen molar-refractivity contribution in [3.63, 3.8) is 0 Å². The molecule has 0 saturated heterocycles. The van der Waals surface area contributed by atoms with Crippen LogP contribution in [0.4, 0.5) is 10.1 Å². The van der Waals surface area contributed by atoms with E-state index in [1.807, 2.05) is 6.07 Å². The number of anilines is 1. The van der Waals surface area contributed by atoms with E-state index in [-0.39, 0.29) is 22.6 Å². The van der Waals surface area contributed by atoms with Crippen LogP contribution in [0.1, 0.15) is 5.56 Å². The summed E-state index contributed by atoms with van der Waals surface area (Å²) >= 11 is 6.95. The topological polar surface area (TPSA) is 110 Å². The Hall–Kier alpha value is -3.09. The SMILES string of the molecule is N#Cc1ccc(Cl)cc1NC(=O)CSc1nnc(-c2cccc(F)c2)n1N. The second-order valence-corrected chi connectivity index (χ2v) is 6.70.